The van der Waals surface area contributed by atoms with Crippen molar-refractivity contribution in [3.05, 3.63) is 59.7 Å². The van der Waals surface area contributed by atoms with Crippen LogP contribution in [0.15, 0.2) is 43.5 Å². The summed E-state index contributed by atoms with van der Waals surface area (Å²) < 4.78 is 0. The van der Waals surface area contributed by atoms with E-state index in [0.29, 0.717) is 6.42 Å². The average molecular weight is 280 g/mol. The number of aryl methyl sites for hydroxylation is 1. The molecule has 0 aliphatic heterocycles. The van der Waals surface area contributed by atoms with E-state index in [1.54, 1.807) is 0 Å². The number of rotatable bonds is 8. The molecule has 1 aromatic rings. The number of aliphatic hydroxyl groups excluding tert-OH is 1. The van der Waals surface area contributed by atoms with Gasteiger partial charge in [-0.05, 0) is 30.5 Å². The van der Waals surface area contributed by atoms with Gasteiger partial charge in [-0.25, -0.2) is 0 Å². The lowest BCUT2D eigenvalue weighted by Crippen LogP contribution is -2.26. The fourth-order valence-corrected chi connectivity index (χ4v) is 2.09. The number of nitrogens with zero attached hydrogens (tertiary/aromatic N) is 1. The van der Waals surface area contributed by atoms with Crippen LogP contribution in [0.4, 0.5) is 0 Å². The fraction of sp³-hybridized carbons (Fsp3) is 0.375. The summed E-state index contributed by atoms with van der Waals surface area (Å²) in [6.07, 6.45) is 3.95. The van der Waals surface area contributed by atoms with Crippen molar-refractivity contribution in [3.63, 3.8) is 0 Å². The minimum absolute atomic E-state index is 0.465. The van der Waals surface area contributed by atoms with Crippen molar-refractivity contribution < 1.29 is 5.11 Å². The van der Waals surface area contributed by atoms with Crippen molar-refractivity contribution in [1.29, 1.82) is 0 Å². The van der Waals surface area contributed by atoms with E-state index in [4.69, 9.17) is 11.6 Å². The second kappa shape index (κ2) is 8.16. The molecule has 0 aliphatic carbocycles. The zero-order valence-electron chi connectivity index (χ0n) is 11.5. The van der Waals surface area contributed by atoms with Gasteiger partial charge in [0.1, 0.15) is 0 Å². The zero-order chi connectivity index (χ0) is 14.3. The molecular formula is C16H22ClNO. The maximum absolute atomic E-state index is 10.2. The molecule has 0 amide bonds. The second-order valence-electron chi connectivity index (χ2n) is 4.65. The first-order valence-electron chi connectivity index (χ1n) is 6.46. The lowest BCUT2D eigenvalue weighted by atomic mass is 10.0. The molecule has 0 saturated heterocycles. The Balaban J connectivity index is 2.57. The predicted molar refractivity (Wildman–Crippen MR) is 82.6 cm³/mol. The quantitative estimate of drug-likeness (QED) is 0.733. The van der Waals surface area contributed by atoms with Crippen LogP contribution in [0, 0.1) is 6.92 Å². The molecule has 19 heavy (non-hydrogen) atoms. The van der Waals surface area contributed by atoms with Crippen LogP contribution in [0.25, 0.3) is 0 Å². The highest BCUT2D eigenvalue weighted by atomic mass is 35.5. The van der Waals surface area contributed by atoms with Crippen molar-refractivity contribution in [3.8, 4) is 0 Å². The van der Waals surface area contributed by atoms with Gasteiger partial charge < -0.3 is 5.11 Å². The SMILES string of the molecule is C=CCN(CC=C)CCC(O)c1ccc(Cl)c(C)c1. The van der Waals surface area contributed by atoms with Gasteiger partial charge in [-0.2, -0.15) is 0 Å². The van der Waals surface area contributed by atoms with Gasteiger partial charge in [0.15, 0.2) is 0 Å². The van der Waals surface area contributed by atoms with Gasteiger partial charge in [0.25, 0.3) is 0 Å². The molecule has 104 valence electrons. The lowest BCUT2D eigenvalue weighted by molar-refractivity contribution is 0.148. The van der Waals surface area contributed by atoms with E-state index >= 15 is 0 Å². The Kier molecular flexibility index (Phi) is 6.85. The molecule has 0 heterocycles. The van der Waals surface area contributed by atoms with Gasteiger partial charge in [0, 0.05) is 24.7 Å². The molecule has 2 nitrogen and oxygen atoms in total. The first kappa shape index (κ1) is 16.0. The molecule has 1 atom stereocenters. The maximum Gasteiger partial charge on any atom is 0.0802 e. The van der Waals surface area contributed by atoms with Crippen molar-refractivity contribution in [2.45, 2.75) is 19.4 Å². The summed E-state index contributed by atoms with van der Waals surface area (Å²) in [4.78, 5) is 2.19. The highest BCUT2D eigenvalue weighted by Gasteiger charge is 2.10. The van der Waals surface area contributed by atoms with Gasteiger partial charge in [0.2, 0.25) is 0 Å². The van der Waals surface area contributed by atoms with Gasteiger partial charge in [-0.15, -0.1) is 13.2 Å². The zero-order valence-corrected chi connectivity index (χ0v) is 12.2. The van der Waals surface area contributed by atoms with E-state index in [0.717, 1.165) is 35.8 Å². The average Bonchev–Trinajstić information content (AvgIpc) is 2.39. The molecule has 1 unspecified atom stereocenters. The molecule has 0 saturated carbocycles. The topological polar surface area (TPSA) is 23.5 Å². The lowest BCUT2D eigenvalue weighted by Gasteiger charge is -2.21. The van der Waals surface area contributed by atoms with Gasteiger partial charge >= 0.3 is 0 Å². The van der Waals surface area contributed by atoms with Crippen LogP contribution in [-0.4, -0.2) is 29.6 Å². The Labute approximate surface area is 121 Å². The van der Waals surface area contributed by atoms with Gasteiger partial charge in [0.05, 0.1) is 6.10 Å². The molecule has 0 spiro atoms. The Hall–Kier alpha value is -1.09. The molecule has 1 N–H and O–H groups in total. The fourth-order valence-electron chi connectivity index (χ4n) is 1.97. The molecule has 0 aromatic heterocycles. The molecule has 1 aromatic carbocycles. The Bertz CT molecular complexity index is 421. The van der Waals surface area contributed by atoms with E-state index in [1.807, 2.05) is 37.3 Å². The summed E-state index contributed by atoms with van der Waals surface area (Å²) >= 11 is 5.98. The molecule has 0 radical (unpaired) electrons. The molecule has 0 bridgehead atoms. The number of aliphatic hydroxyl groups is 1. The summed E-state index contributed by atoms with van der Waals surface area (Å²) in [5.41, 5.74) is 1.91. The van der Waals surface area contributed by atoms with Crippen LogP contribution >= 0.6 is 11.6 Å². The van der Waals surface area contributed by atoms with Crippen molar-refractivity contribution in [1.82, 2.24) is 4.90 Å². The van der Waals surface area contributed by atoms with Gasteiger partial charge in [-0.3, -0.25) is 4.90 Å². The van der Waals surface area contributed by atoms with Crippen molar-refractivity contribution in [2.24, 2.45) is 0 Å². The summed E-state index contributed by atoms with van der Waals surface area (Å²) in [5, 5.41) is 10.9. The van der Waals surface area contributed by atoms with Crippen LogP contribution in [-0.2, 0) is 0 Å². The number of halogens is 1. The highest BCUT2D eigenvalue weighted by Crippen LogP contribution is 2.22. The molecular weight excluding hydrogens is 258 g/mol. The van der Waals surface area contributed by atoms with Crippen LogP contribution in [0.3, 0.4) is 0 Å². The van der Waals surface area contributed by atoms with Crippen LogP contribution in [0.5, 0.6) is 0 Å². The Morgan fingerprint density at radius 3 is 2.47 bits per heavy atom. The minimum atomic E-state index is -0.465. The van der Waals surface area contributed by atoms with E-state index in [-0.39, 0.29) is 0 Å². The summed E-state index contributed by atoms with van der Waals surface area (Å²) in [5.74, 6) is 0. The predicted octanol–water partition coefficient (Wildman–Crippen LogP) is 3.75. The van der Waals surface area contributed by atoms with Crippen molar-refractivity contribution >= 4 is 11.6 Å². The smallest absolute Gasteiger partial charge is 0.0802 e. The molecule has 0 fully saturated rings. The summed E-state index contributed by atoms with van der Waals surface area (Å²) in [6.45, 7) is 11.8. The van der Waals surface area contributed by atoms with Crippen LogP contribution in [0.1, 0.15) is 23.7 Å². The van der Waals surface area contributed by atoms with Gasteiger partial charge in [-0.1, -0.05) is 35.9 Å². The standard InChI is InChI=1S/C16H22ClNO/c1-4-9-18(10-5-2)11-8-16(19)14-6-7-15(17)13(3)12-14/h4-7,12,16,19H,1-2,8-11H2,3H3. The third-order valence-electron chi connectivity index (χ3n) is 3.06. The monoisotopic (exact) mass is 279 g/mol. The summed E-state index contributed by atoms with van der Waals surface area (Å²) in [7, 11) is 0. The Morgan fingerprint density at radius 2 is 1.95 bits per heavy atom. The first-order chi connectivity index (χ1) is 9.08. The van der Waals surface area contributed by atoms with E-state index in [1.165, 1.54) is 0 Å². The maximum atomic E-state index is 10.2. The molecule has 1 rings (SSSR count). The highest BCUT2D eigenvalue weighted by molar-refractivity contribution is 6.31. The number of benzene rings is 1. The third kappa shape index (κ3) is 5.19. The number of hydrogen-bond donors (Lipinski definition) is 1. The normalized spacial score (nSPS) is 12.4. The largest absolute Gasteiger partial charge is 0.388 e. The van der Waals surface area contributed by atoms with Crippen LogP contribution in [0.2, 0.25) is 5.02 Å². The summed E-state index contributed by atoms with van der Waals surface area (Å²) in [6, 6.07) is 5.66. The van der Waals surface area contributed by atoms with E-state index < -0.39 is 6.10 Å². The first-order valence-corrected chi connectivity index (χ1v) is 6.84. The van der Waals surface area contributed by atoms with E-state index in [9.17, 15) is 5.11 Å². The second-order valence-corrected chi connectivity index (χ2v) is 5.06. The third-order valence-corrected chi connectivity index (χ3v) is 3.48. The number of hydrogen-bond acceptors (Lipinski definition) is 2. The minimum Gasteiger partial charge on any atom is -0.388 e. The molecule has 0 aliphatic rings. The van der Waals surface area contributed by atoms with E-state index in [2.05, 4.69) is 18.1 Å². The van der Waals surface area contributed by atoms with Crippen molar-refractivity contribution in [2.75, 3.05) is 19.6 Å². The van der Waals surface area contributed by atoms with Crippen LogP contribution < -0.4 is 0 Å². The Morgan fingerprint density at radius 1 is 1.32 bits per heavy atom. The molecule has 3 heteroatoms.